The lowest BCUT2D eigenvalue weighted by Gasteiger charge is -1.97. The molecular formula is C17H20O4. The van der Waals surface area contributed by atoms with Gasteiger partial charge in [-0.3, -0.25) is 4.79 Å². The van der Waals surface area contributed by atoms with E-state index in [9.17, 15) is 9.59 Å². The zero-order valence-corrected chi connectivity index (χ0v) is 12.2. The van der Waals surface area contributed by atoms with Gasteiger partial charge in [0.05, 0.1) is 7.11 Å². The molecular weight excluding hydrogens is 268 g/mol. The first kappa shape index (κ1) is 16.7. The van der Waals surface area contributed by atoms with E-state index in [0.29, 0.717) is 5.56 Å². The summed E-state index contributed by atoms with van der Waals surface area (Å²) >= 11 is 0. The van der Waals surface area contributed by atoms with Gasteiger partial charge in [-0.1, -0.05) is 48.6 Å². The summed E-state index contributed by atoms with van der Waals surface area (Å²) in [7, 11) is 1.27. The summed E-state index contributed by atoms with van der Waals surface area (Å²) in [6, 6.07) is 9.19. The number of hydrogen-bond acceptors (Lipinski definition) is 4. The van der Waals surface area contributed by atoms with E-state index in [1.54, 1.807) is 24.3 Å². The summed E-state index contributed by atoms with van der Waals surface area (Å²) < 4.78 is 9.03. The second-order valence-electron chi connectivity index (χ2n) is 4.30. The molecule has 0 aliphatic rings. The predicted molar refractivity (Wildman–Crippen MR) is 81.3 cm³/mol. The average Bonchev–Trinajstić information content (AvgIpc) is 2.53. The average molecular weight is 288 g/mol. The largest absolute Gasteiger partial charge is 0.508 e. The molecule has 0 atom stereocenters. The minimum Gasteiger partial charge on any atom is -0.438 e. The highest BCUT2D eigenvalue weighted by atomic mass is 16.7. The molecule has 0 unspecified atom stereocenters. The Hall–Kier alpha value is -2.36. The van der Waals surface area contributed by atoms with Crippen LogP contribution in [0.5, 0.6) is 0 Å². The van der Waals surface area contributed by atoms with Crippen molar-refractivity contribution < 1.29 is 19.1 Å². The third kappa shape index (κ3) is 7.72. The van der Waals surface area contributed by atoms with E-state index < -0.39 is 6.16 Å². The second kappa shape index (κ2) is 10.4. The van der Waals surface area contributed by atoms with Crippen LogP contribution in [0.15, 0.2) is 54.6 Å². The van der Waals surface area contributed by atoms with E-state index in [1.807, 2.05) is 30.4 Å². The lowest BCUT2D eigenvalue weighted by molar-refractivity contribution is 0.0817. The third-order valence-corrected chi connectivity index (χ3v) is 2.70. The number of allylic oxidation sites excluding steroid dienone is 3. The molecule has 21 heavy (non-hydrogen) atoms. The molecule has 0 saturated carbocycles. The van der Waals surface area contributed by atoms with Gasteiger partial charge >= 0.3 is 6.16 Å². The zero-order chi connectivity index (χ0) is 15.3. The lowest BCUT2D eigenvalue weighted by Crippen LogP contribution is -2.03. The maximum absolute atomic E-state index is 11.7. The monoisotopic (exact) mass is 288 g/mol. The maximum Gasteiger partial charge on any atom is 0.508 e. The van der Waals surface area contributed by atoms with Crippen molar-refractivity contribution >= 4 is 11.9 Å². The first-order valence-electron chi connectivity index (χ1n) is 6.85. The molecule has 0 aliphatic carbocycles. The van der Waals surface area contributed by atoms with E-state index in [-0.39, 0.29) is 12.4 Å². The SMILES string of the molecule is COC(=O)OC/C=C/CCC/C=C/C(=O)c1ccccc1. The Bertz CT molecular complexity index is 489. The Balaban J connectivity index is 2.11. The lowest BCUT2D eigenvalue weighted by atomic mass is 10.1. The van der Waals surface area contributed by atoms with Crippen molar-refractivity contribution in [2.75, 3.05) is 13.7 Å². The molecule has 4 nitrogen and oxygen atoms in total. The highest BCUT2D eigenvalue weighted by molar-refractivity contribution is 6.04. The molecule has 1 aromatic carbocycles. The van der Waals surface area contributed by atoms with E-state index >= 15 is 0 Å². The fourth-order valence-corrected chi connectivity index (χ4v) is 1.60. The number of benzene rings is 1. The summed E-state index contributed by atoms with van der Waals surface area (Å²) in [4.78, 5) is 22.4. The molecule has 1 rings (SSSR count). The molecule has 0 spiro atoms. The van der Waals surface area contributed by atoms with Gasteiger partial charge in [0.2, 0.25) is 0 Å². The fraction of sp³-hybridized carbons (Fsp3) is 0.294. The van der Waals surface area contributed by atoms with Crippen LogP contribution < -0.4 is 0 Å². The molecule has 0 saturated heterocycles. The topological polar surface area (TPSA) is 52.6 Å². The Kier molecular flexibility index (Phi) is 8.29. The minimum absolute atomic E-state index is 0.0256. The summed E-state index contributed by atoms with van der Waals surface area (Å²) in [5.74, 6) is 0.0256. The van der Waals surface area contributed by atoms with Gasteiger partial charge in [-0.05, 0) is 25.3 Å². The van der Waals surface area contributed by atoms with Gasteiger partial charge in [-0.2, -0.15) is 0 Å². The van der Waals surface area contributed by atoms with Crippen LogP contribution in [0.25, 0.3) is 0 Å². The van der Waals surface area contributed by atoms with Gasteiger partial charge in [-0.15, -0.1) is 0 Å². The molecule has 0 amide bonds. The number of carbonyl (C=O) groups excluding carboxylic acids is 2. The Morgan fingerprint density at radius 3 is 2.48 bits per heavy atom. The summed E-state index contributed by atoms with van der Waals surface area (Å²) in [6.45, 7) is 0.217. The van der Waals surface area contributed by atoms with Crippen LogP contribution in [0, 0.1) is 0 Å². The van der Waals surface area contributed by atoms with Crippen LogP contribution in [-0.4, -0.2) is 25.7 Å². The first-order chi connectivity index (χ1) is 10.2. The van der Waals surface area contributed by atoms with E-state index in [2.05, 4.69) is 4.74 Å². The van der Waals surface area contributed by atoms with Crippen molar-refractivity contribution in [3.63, 3.8) is 0 Å². The Labute approximate surface area is 125 Å². The number of methoxy groups -OCH3 is 1. The molecule has 0 heterocycles. The number of rotatable bonds is 8. The van der Waals surface area contributed by atoms with E-state index in [1.165, 1.54) is 7.11 Å². The quantitative estimate of drug-likeness (QED) is 0.239. The van der Waals surface area contributed by atoms with Gasteiger partial charge in [-0.25, -0.2) is 4.79 Å². The predicted octanol–water partition coefficient (Wildman–Crippen LogP) is 3.94. The number of ether oxygens (including phenoxy) is 2. The molecule has 0 radical (unpaired) electrons. The fourth-order valence-electron chi connectivity index (χ4n) is 1.60. The van der Waals surface area contributed by atoms with Crippen LogP contribution in [-0.2, 0) is 9.47 Å². The minimum atomic E-state index is -0.679. The molecule has 0 N–H and O–H groups in total. The van der Waals surface area contributed by atoms with Crippen molar-refractivity contribution in [1.82, 2.24) is 0 Å². The van der Waals surface area contributed by atoms with Crippen molar-refractivity contribution in [3.8, 4) is 0 Å². The zero-order valence-electron chi connectivity index (χ0n) is 12.2. The smallest absolute Gasteiger partial charge is 0.438 e. The normalized spacial score (nSPS) is 10.9. The Morgan fingerprint density at radius 2 is 1.76 bits per heavy atom. The third-order valence-electron chi connectivity index (χ3n) is 2.70. The molecule has 4 heteroatoms. The van der Waals surface area contributed by atoms with Crippen molar-refractivity contribution in [2.45, 2.75) is 19.3 Å². The van der Waals surface area contributed by atoms with Crippen molar-refractivity contribution in [1.29, 1.82) is 0 Å². The highest BCUT2D eigenvalue weighted by Gasteiger charge is 1.98. The van der Waals surface area contributed by atoms with Crippen molar-refractivity contribution in [3.05, 3.63) is 60.2 Å². The van der Waals surface area contributed by atoms with Crippen LogP contribution in [0.4, 0.5) is 4.79 Å². The van der Waals surface area contributed by atoms with Crippen LogP contribution in [0.2, 0.25) is 0 Å². The summed E-state index contributed by atoms with van der Waals surface area (Å²) in [5.41, 5.74) is 0.702. The second-order valence-corrected chi connectivity index (χ2v) is 4.30. The number of unbranched alkanes of at least 4 members (excludes halogenated alkanes) is 2. The van der Waals surface area contributed by atoms with Crippen LogP contribution >= 0.6 is 0 Å². The molecule has 0 aromatic heterocycles. The van der Waals surface area contributed by atoms with Gasteiger partial charge in [0, 0.05) is 5.56 Å². The number of hydrogen-bond donors (Lipinski definition) is 0. The van der Waals surface area contributed by atoms with E-state index in [4.69, 9.17) is 4.74 Å². The maximum atomic E-state index is 11.7. The van der Waals surface area contributed by atoms with Gasteiger partial charge in [0.25, 0.3) is 0 Å². The van der Waals surface area contributed by atoms with Crippen LogP contribution in [0.3, 0.4) is 0 Å². The van der Waals surface area contributed by atoms with Gasteiger partial charge in [0.15, 0.2) is 5.78 Å². The summed E-state index contributed by atoms with van der Waals surface area (Å²) in [5, 5.41) is 0. The molecule has 0 bridgehead atoms. The standard InChI is InChI=1S/C17H20O4/c1-20-17(19)21-14-10-5-3-2-4-9-13-16(18)15-11-7-6-8-12-15/h5-13H,2-4,14H2,1H3/b10-5+,13-9+. The van der Waals surface area contributed by atoms with Gasteiger partial charge < -0.3 is 9.47 Å². The number of ketones is 1. The molecule has 1 aromatic rings. The molecule has 0 fully saturated rings. The van der Waals surface area contributed by atoms with Crippen molar-refractivity contribution in [2.24, 2.45) is 0 Å². The highest BCUT2D eigenvalue weighted by Crippen LogP contribution is 2.03. The Morgan fingerprint density at radius 1 is 1.05 bits per heavy atom. The van der Waals surface area contributed by atoms with Gasteiger partial charge in [0.1, 0.15) is 6.61 Å². The summed E-state index contributed by atoms with van der Waals surface area (Å²) in [6.07, 6.45) is 9.17. The van der Waals surface area contributed by atoms with E-state index in [0.717, 1.165) is 19.3 Å². The molecule has 0 aliphatic heterocycles. The first-order valence-corrected chi connectivity index (χ1v) is 6.85. The number of carbonyl (C=O) groups is 2. The molecule has 112 valence electrons. The van der Waals surface area contributed by atoms with Crippen LogP contribution in [0.1, 0.15) is 29.6 Å².